The van der Waals surface area contributed by atoms with Crippen molar-refractivity contribution in [3.63, 3.8) is 0 Å². The zero-order valence-electron chi connectivity index (χ0n) is 22.9. The Kier molecular flexibility index (Phi) is 7.52. The maximum Gasteiger partial charge on any atom is 0.253 e. The minimum atomic E-state index is -0.770. The number of piperidine rings is 2. The molecule has 0 radical (unpaired) electrons. The van der Waals surface area contributed by atoms with Gasteiger partial charge in [0, 0.05) is 57.4 Å². The molecule has 216 valence electrons. The minimum Gasteiger partial charge on any atom is -0.349 e. The SMILES string of the molecule is O=C1NC2(CCN(C(=O)c3ccc(F)cc3)CC2)CC(=O)N2CCN[C@H](C2)C(=O)N2CCC(CC2)N2CCCC12. The minimum absolute atomic E-state index is 0.0322. The van der Waals surface area contributed by atoms with Gasteiger partial charge in [-0.15, -0.1) is 0 Å². The average Bonchev–Trinajstić information content (AvgIpc) is 3.47. The van der Waals surface area contributed by atoms with Crippen molar-refractivity contribution in [2.24, 2.45) is 0 Å². The number of fused-ring (bicyclic) bond motifs is 4. The lowest BCUT2D eigenvalue weighted by Crippen LogP contribution is -2.62. The molecule has 6 aliphatic rings. The molecule has 1 spiro atoms. The number of nitrogens with one attached hydrogen (secondary N) is 2. The highest BCUT2D eigenvalue weighted by molar-refractivity contribution is 5.94. The lowest BCUT2D eigenvalue weighted by molar-refractivity contribution is -0.140. The van der Waals surface area contributed by atoms with Crippen LogP contribution in [0.4, 0.5) is 4.39 Å². The highest BCUT2D eigenvalue weighted by Gasteiger charge is 2.45. The van der Waals surface area contributed by atoms with Crippen molar-refractivity contribution in [2.75, 3.05) is 52.4 Å². The van der Waals surface area contributed by atoms with E-state index in [1.807, 2.05) is 4.90 Å². The maximum atomic E-state index is 13.9. The number of rotatable bonds is 1. The van der Waals surface area contributed by atoms with E-state index in [9.17, 15) is 23.6 Å². The van der Waals surface area contributed by atoms with Crippen molar-refractivity contribution in [3.8, 4) is 0 Å². The molecule has 6 aliphatic heterocycles. The number of likely N-dealkylation sites (tertiary alicyclic amines) is 1. The first kappa shape index (κ1) is 27.1. The van der Waals surface area contributed by atoms with Crippen LogP contribution in [0.3, 0.4) is 0 Å². The molecule has 6 heterocycles. The van der Waals surface area contributed by atoms with Crippen molar-refractivity contribution in [2.45, 2.75) is 68.6 Å². The highest BCUT2D eigenvalue weighted by Crippen LogP contribution is 2.32. The number of hydrogen-bond donors (Lipinski definition) is 2. The quantitative estimate of drug-likeness (QED) is 0.526. The first-order valence-electron chi connectivity index (χ1n) is 14.7. The summed E-state index contributed by atoms with van der Waals surface area (Å²) >= 11 is 0. The smallest absolute Gasteiger partial charge is 0.253 e. The largest absolute Gasteiger partial charge is 0.349 e. The van der Waals surface area contributed by atoms with Crippen LogP contribution in [-0.2, 0) is 14.4 Å². The number of nitrogens with zero attached hydrogens (tertiary/aromatic N) is 4. The van der Waals surface area contributed by atoms with Crippen LogP contribution in [0.25, 0.3) is 0 Å². The van der Waals surface area contributed by atoms with Crippen LogP contribution in [0, 0.1) is 5.82 Å². The summed E-state index contributed by atoms with van der Waals surface area (Å²) < 4.78 is 13.4. The van der Waals surface area contributed by atoms with E-state index in [0.29, 0.717) is 64.2 Å². The summed E-state index contributed by atoms with van der Waals surface area (Å²) in [7, 11) is 0. The molecule has 4 bridgehead atoms. The number of carbonyl (C=O) groups is 4. The molecule has 2 N–H and O–H groups in total. The highest BCUT2D eigenvalue weighted by atomic mass is 19.1. The van der Waals surface area contributed by atoms with Gasteiger partial charge >= 0.3 is 0 Å². The molecule has 40 heavy (non-hydrogen) atoms. The van der Waals surface area contributed by atoms with E-state index in [1.165, 1.54) is 24.3 Å². The fourth-order valence-electron chi connectivity index (χ4n) is 7.29. The normalized spacial score (nSPS) is 28.3. The van der Waals surface area contributed by atoms with E-state index in [1.54, 1.807) is 9.80 Å². The predicted octanol–water partition coefficient (Wildman–Crippen LogP) is 0.576. The molecule has 0 aromatic heterocycles. The van der Waals surface area contributed by atoms with Gasteiger partial charge in [-0.1, -0.05) is 0 Å². The molecule has 0 aliphatic carbocycles. The molecule has 6 fully saturated rings. The third kappa shape index (κ3) is 5.33. The molecule has 2 atom stereocenters. The fraction of sp³-hybridized carbons (Fsp3) is 0.655. The standard InChI is InChI=1S/C29H39FN6O4/c30-21-5-3-20(4-6-21)27(39)34-15-9-29(10-16-34)18-25(37)35-17-11-31-23(19-35)28(40)33-13-7-22(8-14-33)36-12-1-2-24(36)26(38)32-29/h3-6,22-24,31H,1-2,7-19H2,(H,32,38)/t23-,24?/m1/s1. The van der Waals surface area contributed by atoms with Crippen LogP contribution in [-0.4, -0.2) is 119 Å². The topological polar surface area (TPSA) is 105 Å². The van der Waals surface area contributed by atoms with Gasteiger partial charge < -0.3 is 25.3 Å². The molecule has 1 aromatic carbocycles. The molecule has 4 amide bonds. The molecular weight excluding hydrogens is 515 g/mol. The lowest BCUT2D eigenvalue weighted by atomic mass is 9.83. The first-order valence-corrected chi connectivity index (χ1v) is 14.7. The molecular formula is C29H39FN6O4. The van der Waals surface area contributed by atoms with Crippen molar-refractivity contribution in [1.29, 1.82) is 0 Å². The van der Waals surface area contributed by atoms with Crippen LogP contribution in [0.1, 0.15) is 55.3 Å². The van der Waals surface area contributed by atoms with Crippen molar-refractivity contribution >= 4 is 23.6 Å². The summed E-state index contributed by atoms with van der Waals surface area (Å²) in [5, 5.41) is 6.66. The Hall–Kier alpha value is -3.05. The molecule has 1 unspecified atom stereocenters. The van der Waals surface area contributed by atoms with Gasteiger partial charge in [0.1, 0.15) is 11.9 Å². The van der Waals surface area contributed by atoms with E-state index in [2.05, 4.69) is 15.5 Å². The summed E-state index contributed by atoms with van der Waals surface area (Å²) in [5.41, 5.74) is -0.350. The third-order valence-corrected chi connectivity index (χ3v) is 9.65. The monoisotopic (exact) mass is 554 g/mol. The zero-order chi connectivity index (χ0) is 27.9. The molecule has 0 saturated carbocycles. The van der Waals surface area contributed by atoms with E-state index < -0.39 is 17.4 Å². The van der Waals surface area contributed by atoms with E-state index in [4.69, 9.17) is 0 Å². The summed E-state index contributed by atoms with van der Waals surface area (Å²) in [6.07, 6.45) is 4.46. The number of amides is 4. The Labute approximate surface area is 234 Å². The Morgan fingerprint density at radius 1 is 0.900 bits per heavy atom. The van der Waals surface area contributed by atoms with Gasteiger partial charge in [0.2, 0.25) is 17.7 Å². The van der Waals surface area contributed by atoms with Crippen LogP contribution >= 0.6 is 0 Å². The van der Waals surface area contributed by atoms with E-state index >= 15 is 0 Å². The summed E-state index contributed by atoms with van der Waals surface area (Å²) in [4.78, 5) is 61.7. The Bertz CT molecular complexity index is 1150. The Morgan fingerprint density at radius 2 is 1.62 bits per heavy atom. The van der Waals surface area contributed by atoms with Crippen molar-refractivity contribution in [3.05, 3.63) is 35.6 Å². The van der Waals surface area contributed by atoms with Crippen molar-refractivity contribution in [1.82, 2.24) is 30.2 Å². The van der Waals surface area contributed by atoms with Crippen LogP contribution in [0.15, 0.2) is 24.3 Å². The second-order valence-corrected chi connectivity index (χ2v) is 12.0. The molecule has 7 rings (SSSR count). The lowest BCUT2D eigenvalue weighted by Gasteiger charge is -2.44. The number of halogens is 1. The fourth-order valence-corrected chi connectivity index (χ4v) is 7.29. The van der Waals surface area contributed by atoms with Gasteiger partial charge in [-0.3, -0.25) is 24.1 Å². The summed E-state index contributed by atoms with van der Waals surface area (Å²) in [6, 6.07) is 5.12. The number of carbonyl (C=O) groups excluding carboxylic acids is 4. The zero-order valence-corrected chi connectivity index (χ0v) is 22.9. The van der Waals surface area contributed by atoms with Gasteiger partial charge in [0.05, 0.1) is 18.0 Å². The summed E-state index contributed by atoms with van der Waals surface area (Å²) in [5.74, 6) is -0.624. The molecule has 10 nitrogen and oxygen atoms in total. The van der Waals surface area contributed by atoms with Gasteiger partial charge in [-0.25, -0.2) is 4.39 Å². The van der Waals surface area contributed by atoms with Gasteiger partial charge in [-0.05, 0) is 69.3 Å². The van der Waals surface area contributed by atoms with Gasteiger partial charge in [0.15, 0.2) is 0 Å². The van der Waals surface area contributed by atoms with E-state index in [-0.39, 0.29) is 42.1 Å². The predicted molar refractivity (Wildman–Crippen MR) is 145 cm³/mol. The second kappa shape index (κ2) is 11.1. The van der Waals surface area contributed by atoms with Crippen LogP contribution in [0.5, 0.6) is 0 Å². The first-order chi connectivity index (χ1) is 19.3. The molecule has 6 saturated heterocycles. The van der Waals surface area contributed by atoms with Crippen LogP contribution < -0.4 is 10.6 Å². The second-order valence-electron chi connectivity index (χ2n) is 12.0. The van der Waals surface area contributed by atoms with E-state index in [0.717, 1.165) is 32.2 Å². The average molecular weight is 555 g/mol. The maximum absolute atomic E-state index is 13.9. The molecule has 1 aromatic rings. The third-order valence-electron chi connectivity index (χ3n) is 9.65. The Morgan fingerprint density at radius 3 is 2.35 bits per heavy atom. The summed E-state index contributed by atoms with van der Waals surface area (Å²) in [6.45, 7) is 4.36. The Balaban J connectivity index is 1.24. The van der Waals surface area contributed by atoms with Crippen LogP contribution in [0.2, 0.25) is 0 Å². The van der Waals surface area contributed by atoms with Gasteiger partial charge in [0.25, 0.3) is 5.91 Å². The van der Waals surface area contributed by atoms with Gasteiger partial charge in [-0.2, -0.15) is 0 Å². The number of hydrogen-bond acceptors (Lipinski definition) is 6. The number of piperazine rings is 1. The van der Waals surface area contributed by atoms with Crippen molar-refractivity contribution < 1.29 is 23.6 Å². The molecule has 11 heteroatoms. The number of benzene rings is 1.